The molecular weight excluding hydrogens is 324 g/mol. The Kier molecular flexibility index (Phi) is 5.87. The van der Waals surface area contributed by atoms with E-state index < -0.39 is 6.04 Å². The molecule has 0 saturated heterocycles. The number of amides is 1. The lowest BCUT2D eigenvalue weighted by molar-refractivity contribution is -0.118. The molecule has 0 radical (unpaired) electrons. The van der Waals surface area contributed by atoms with Gasteiger partial charge in [-0.05, 0) is 48.7 Å². The monoisotopic (exact) mass is 348 g/mol. The molecule has 0 aliphatic carbocycles. The number of hydrogen-bond acceptors (Lipinski definition) is 3. The predicted octanol–water partition coefficient (Wildman–Crippen LogP) is 4.41. The molecule has 134 valence electrons. The van der Waals surface area contributed by atoms with Gasteiger partial charge in [-0.25, -0.2) is 0 Å². The van der Waals surface area contributed by atoms with E-state index in [1.54, 1.807) is 6.26 Å². The lowest BCUT2D eigenvalue weighted by atomic mass is 10.0. The van der Waals surface area contributed by atoms with Crippen LogP contribution in [0.2, 0.25) is 0 Å². The van der Waals surface area contributed by atoms with Gasteiger partial charge in [0.1, 0.15) is 11.8 Å². The van der Waals surface area contributed by atoms with Crippen molar-refractivity contribution in [2.75, 3.05) is 11.9 Å². The first kappa shape index (κ1) is 18.0. The SMILES string of the molecule is Cc1ccc(C)c(NC(=O)[C@H](NCCc2ccco2)c2ccccc2)c1. The third-order valence-corrected chi connectivity index (χ3v) is 4.35. The topological polar surface area (TPSA) is 54.3 Å². The number of benzene rings is 2. The van der Waals surface area contributed by atoms with E-state index >= 15 is 0 Å². The van der Waals surface area contributed by atoms with Crippen molar-refractivity contribution in [2.45, 2.75) is 26.3 Å². The van der Waals surface area contributed by atoms with Crippen molar-refractivity contribution >= 4 is 11.6 Å². The summed E-state index contributed by atoms with van der Waals surface area (Å²) in [4.78, 5) is 13.0. The van der Waals surface area contributed by atoms with Gasteiger partial charge >= 0.3 is 0 Å². The highest BCUT2D eigenvalue weighted by molar-refractivity contribution is 5.96. The van der Waals surface area contributed by atoms with Crippen LogP contribution in [0.3, 0.4) is 0 Å². The number of carbonyl (C=O) groups excluding carboxylic acids is 1. The maximum Gasteiger partial charge on any atom is 0.246 e. The summed E-state index contributed by atoms with van der Waals surface area (Å²) in [5.41, 5.74) is 3.96. The highest BCUT2D eigenvalue weighted by Crippen LogP contribution is 2.20. The Morgan fingerprint density at radius 1 is 1.04 bits per heavy atom. The fourth-order valence-corrected chi connectivity index (χ4v) is 2.88. The molecule has 2 N–H and O–H groups in total. The third kappa shape index (κ3) is 4.61. The van der Waals surface area contributed by atoms with Crippen LogP contribution in [0.25, 0.3) is 0 Å². The van der Waals surface area contributed by atoms with Gasteiger partial charge in [0, 0.05) is 18.7 Å². The van der Waals surface area contributed by atoms with Crippen LogP contribution in [0.1, 0.15) is 28.5 Å². The molecule has 1 aromatic heterocycles. The van der Waals surface area contributed by atoms with Gasteiger partial charge in [0.2, 0.25) is 5.91 Å². The van der Waals surface area contributed by atoms with Crippen molar-refractivity contribution in [2.24, 2.45) is 0 Å². The molecule has 4 nitrogen and oxygen atoms in total. The van der Waals surface area contributed by atoms with E-state index in [4.69, 9.17) is 4.42 Å². The molecule has 1 amide bonds. The van der Waals surface area contributed by atoms with Crippen molar-refractivity contribution in [1.82, 2.24) is 5.32 Å². The van der Waals surface area contributed by atoms with Gasteiger partial charge in [0.05, 0.1) is 6.26 Å². The smallest absolute Gasteiger partial charge is 0.246 e. The summed E-state index contributed by atoms with van der Waals surface area (Å²) in [7, 11) is 0. The summed E-state index contributed by atoms with van der Waals surface area (Å²) in [6.07, 6.45) is 2.39. The minimum atomic E-state index is -0.425. The van der Waals surface area contributed by atoms with E-state index in [2.05, 4.69) is 10.6 Å². The Labute approximate surface area is 154 Å². The van der Waals surface area contributed by atoms with Crippen LogP contribution in [-0.4, -0.2) is 12.5 Å². The van der Waals surface area contributed by atoms with Crippen LogP contribution in [0.4, 0.5) is 5.69 Å². The molecule has 1 heterocycles. The van der Waals surface area contributed by atoms with Crippen LogP contribution >= 0.6 is 0 Å². The van der Waals surface area contributed by atoms with Gasteiger partial charge < -0.3 is 15.1 Å². The molecule has 0 aliphatic rings. The summed E-state index contributed by atoms with van der Waals surface area (Å²) < 4.78 is 5.37. The van der Waals surface area contributed by atoms with E-state index in [1.807, 2.05) is 74.5 Å². The zero-order chi connectivity index (χ0) is 18.4. The van der Waals surface area contributed by atoms with Gasteiger partial charge in [-0.3, -0.25) is 4.79 Å². The molecule has 4 heteroatoms. The predicted molar refractivity (Wildman–Crippen MR) is 104 cm³/mol. The van der Waals surface area contributed by atoms with Gasteiger partial charge in [-0.2, -0.15) is 0 Å². The van der Waals surface area contributed by atoms with E-state index in [-0.39, 0.29) is 5.91 Å². The maximum absolute atomic E-state index is 13.0. The molecule has 0 aliphatic heterocycles. The lowest BCUT2D eigenvalue weighted by Crippen LogP contribution is -2.34. The summed E-state index contributed by atoms with van der Waals surface area (Å²) in [6, 6.07) is 19.2. The third-order valence-electron chi connectivity index (χ3n) is 4.35. The number of aryl methyl sites for hydroxylation is 2. The van der Waals surface area contributed by atoms with Crippen molar-refractivity contribution in [3.05, 3.63) is 89.4 Å². The first-order valence-electron chi connectivity index (χ1n) is 8.82. The van der Waals surface area contributed by atoms with Gasteiger partial charge in [-0.15, -0.1) is 0 Å². The second kappa shape index (κ2) is 8.50. The molecule has 26 heavy (non-hydrogen) atoms. The molecule has 0 bridgehead atoms. The zero-order valence-electron chi connectivity index (χ0n) is 15.2. The summed E-state index contributed by atoms with van der Waals surface area (Å²) >= 11 is 0. The normalized spacial score (nSPS) is 11.9. The molecule has 1 atom stereocenters. The Morgan fingerprint density at radius 2 is 1.85 bits per heavy atom. The fourth-order valence-electron chi connectivity index (χ4n) is 2.88. The van der Waals surface area contributed by atoms with E-state index in [0.29, 0.717) is 6.54 Å². The van der Waals surface area contributed by atoms with Gasteiger partial charge in [-0.1, -0.05) is 42.5 Å². The molecule has 2 aromatic carbocycles. The van der Waals surface area contributed by atoms with E-state index in [1.165, 1.54) is 0 Å². The molecule has 0 unspecified atom stereocenters. The average Bonchev–Trinajstić information content (AvgIpc) is 3.16. The number of anilines is 1. The second-order valence-corrected chi connectivity index (χ2v) is 6.43. The number of rotatable bonds is 7. The van der Waals surface area contributed by atoms with E-state index in [0.717, 1.165) is 34.6 Å². The number of nitrogens with one attached hydrogen (secondary N) is 2. The number of furan rings is 1. The average molecular weight is 348 g/mol. The van der Waals surface area contributed by atoms with E-state index in [9.17, 15) is 4.79 Å². The summed E-state index contributed by atoms with van der Waals surface area (Å²) in [5.74, 6) is 0.837. The molecule has 0 fully saturated rings. The van der Waals surface area contributed by atoms with Crippen LogP contribution in [0, 0.1) is 13.8 Å². The van der Waals surface area contributed by atoms with Gasteiger partial charge in [0.15, 0.2) is 0 Å². The first-order valence-corrected chi connectivity index (χ1v) is 8.82. The first-order chi connectivity index (χ1) is 12.6. The van der Waals surface area contributed by atoms with Crippen LogP contribution in [0.15, 0.2) is 71.3 Å². The van der Waals surface area contributed by atoms with Crippen molar-refractivity contribution in [3.63, 3.8) is 0 Å². The van der Waals surface area contributed by atoms with Gasteiger partial charge in [0.25, 0.3) is 0 Å². The Balaban J connectivity index is 1.73. The number of carbonyl (C=O) groups is 1. The number of hydrogen-bond donors (Lipinski definition) is 2. The van der Waals surface area contributed by atoms with Crippen LogP contribution in [0.5, 0.6) is 0 Å². The maximum atomic E-state index is 13.0. The highest BCUT2D eigenvalue weighted by atomic mass is 16.3. The summed E-state index contributed by atoms with van der Waals surface area (Å²) in [6.45, 7) is 4.66. The Hall–Kier alpha value is -2.85. The molecule has 0 spiro atoms. The molecule has 0 saturated carbocycles. The van der Waals surface area contributed by atoms with Crippen molar-refractivity contribution in [3.8, 4) is 0 Å². The lowest BCUT2D eigenvalue weighted by Gasteiger charge is -2.20. The molecule has 3 aromatic rings. The zero-order valence-corrected chi connectivity index (χ0v) is 15.2. The van der Waals surface area contributed by atoms with Crippen LogP contribution in [-0.2, 0) is 11.2 Å². The standard InChI is InChI=1S/C22H24N2O2/c1-16-10-11-17(2)20(15-16)24-22(25)21(18-7-4-3-5-8-18)23-13-12-19-9-6-14-26-19/h3-11,14-15,21,23H,12-13H2,1-2H3,(H,24,25)/t21-/m1/s1. The minimum Gasteiger partial charge on any atom is -0.469 e. The largest absolute Gasteiger partial charge is 0.469 e. The second-order valence-electron chi connectivity index (χ2n) is 6.43. The summed E-state index contributed by atoms with van der Waals surface area (Å²) in [5, 5.41) is 6.42. The molecular formula is C22H24N2O2. The van der Waals surface area contributed by atoms with Crippen molar-refractivity contribution in [1.29, 1.82) is 0 Å². The minimum absolute atomic E-state index is 0.0654. The molecule has 3 rings (SSSR count). The highest BCUT2D eigenvalue weighted by Gasteiger charge is 2.20. The van der Waals surface area contributed by atoms with Crippen molar-refractivity contribution < 1.29 is 9.21 Å². The Bertz CT molecular complexity index is 842. The quantitative estimate of drug-likeness (QED) is 0.665. The Morgan fingerprint density at radius 3 is 2.58 bits per heavy atom. The van der Waals surface area contributed by atoms with Crippen LogP contribution < -0.4 is 10.6 Å². The fraction of sp³-hybridized carbons (Fsp3) is 0.227.